The van der Waals surface area contributed by atoms with Crippen LogP contribution < -0.4 is 4.18 Å². The van der Waals surface area contributed by atoms with Crippen LogP contribution in [-0.2, 0) is 23.2 Å². The van der Waals surface area contributed by atoms with Crippen LogP contribution in [0.5, 0.6) is 5.75 Å². The van der Waals surface area contributed by atoms with E-state index in [1.165, 1.54) is 59.7 Å². The maximum Gasteiger partial charge on any atom is 0.339 e. The van der Waals surface area contributed by atoms with Gasteiger partial charge in [-0.1, -0.05) is 23.7 Å². The largest absolute Gasteiger partial charge is 0.459 e. The van der Waals surface area contributed by atoms with Crippen molar-refractivity contribution in [2.75, 3.05) is 0 Å². The van der Waals surface area contributed by atoms with Crippen molar-refractivity contribution in [3.8, 4) is 5.75 Å². The molecule has 0 aliphatic carbocycles. The summed E-state index contributed by atoms with van der Waals surface area (Å²) >= 11 is 6.15. The summed E-state index contributed by atoms with van der Waals surface area (Å²) in [6.45, 7) is -0.0395. The average Bonchev–Trinajstić information content (AvgIpc) is 3.36. The zero-order valence-electron chi connectivity index (χ0n) is 18.0. The van der Waals surface area contributed by atoms with E-state index in [9.17, 15) is 22.0 Å². The van der Waals surface area contributed by atoms with Crippen molar-refractivity contribution in [2.45, 2.75) is 18.0 Å². The summed E-state index contributed by atoms with van der Waals surface area (Å²) in [5.41, 5.74) is 0.931. The Morgan fingerprint density at radius 3 is 2.20 bits per heavy atom. The average molecular weight is 518 g/mol. The monoisotopic (exact) mass is 517 g/mol. The number of carbonyl (C=O) groups excluding carboxylic acids is 1. The van der Waals surface area contributed by atoms with Crippen molar-refractivity contribution in [2.24, 2.45) is 0 Å². The van der Waals surface area contributed by atoms with E-state index in [0.717, 1.165) is 24.3 Å². The molecular formula is C25H18ClF2NO5S. The molecule has 3 aromatic carbocycles. The minimum Gasteiger partial charge on any atom is -0.459 e. The molecule has 6 nitrogen and oxygen atoms in total. The van der Waals surface area contributed by atoms with Gasteiger partial charge < -0.3 is 13.5 Å². The minimum atomic E-state index is -4.30. The van der Waals surface area contributed by atoms with Crippen molar-refractivity contribution in [3.05, 3.63) is 119 Å². The first kappa shape index (κ1) is 24.4. The molecule has 0 unspecified atom stereocenters. The molecule has 35 heavy (non-hydrogen) atoms. The maximum absolute atomic E-state index is 13.4. The molecule has 0 N–H and O–H groups in total. The summed E-state index contributed by atoms with van der Waals surface area (Å²) in [5.74, 6) is -1.49. The maximum atomic E-state index is 13.4. The minimum absolute atomic E-state index is 0.0601. The zero-order chi connectivity index (χ0) is 25.0. The summed E-state index contributed by atoms with van der Waals surface area (Å²) in [4.78, 5) is 14.3. The predicted octanol–water partition coefficient (Wildman–Crippen LogP) is 5.82. The van der Waals surface area contributed by atoms with E-state index in [2.05, 4.69) is 0 Å². The van der Waals surface area contributed by atoms with E-state index in [0.29, 0.717) is 16.1 Å². The van der Waals surface area contributed by atoms with Gasteiger partial charge in [-0.05, 0) is 72.3 Å². The fraction of sp³-hybridized carbons (Fsp3) is 0.0800. The van der Waals surface area contributed by atoms with Gasteiger partial charge >= 0.3 is 10.1 Å². The Hall–Kier alpha value is -3.69. The van der Waals surface area contributed by atoms with Crippen LogP contribution in [0.25, 0.3) is 0 Å². The van der Waals surface area contributed by atoms with Crippen LogP contribution >= 0.6 is 11.6 Å². The van der Waals surface area contributed by atoms with Crippen molar-refractivity contribution >= 4 is 27.6 Å². The number of rotatable bonds is 8. The molecule has 0 saturated carbocycles. The first-order valence-electron chi connectivity index (χ1n) is 10.3. The van der Waals surface area contributed by atoms with E-state index < -0.39 is 27.7 Å². The van der Waals surface area contributed by atoms with Gasteiger partial charge in [0.15, 0.2) is 5.76 Å². The summed E-state index contributed by atoms with van der Waals surface area (Å²) < 4.78 is 62.7. The third-order valence-corrected chi connectivity index (χ3v) is 6.47. The lowest BCUT2D eigenvalue weighted by Gasteiger charge is -2.23. The van der Waals surface area contributed by atoms with Crippen LogP contribution in [0.2, 0.25) is 5.02 Å². The number of halogens is 3. The van der Waals surface area contributed by atoms with Gasteiger partial charge in [0.2, 0.25) is 0 Å². The van der Waals surface area contributed by atoms with E-state index in [4.69, 9.17) is 20.2 Å². The second-order valence-electron chi connectivity index (χ2n) is 7.51. The lowest BCUT2D eigenvalue weighted by molar-refractivity contribution is 0.0697. The van der Waals surface area contributed by atoms with Crippen molar-refractivity contribution in [3.63, 3.8) is 0 Å². The number of hydrogen-bond donors (Lipinski definition) is 0. The third-order valence-electron chi connectivity index (χ3n) is 4.99. The normalized spacial score (nSPS) is 11.3. The number of hydrogen-bond acceptors (Lipinski definition) is 5. The van der Waals surface area contributed by atoms with Gasteiger partial charge in [-0.3, -0.25) is 4.79 Å². The number of benzene rings is 3. The highest BCUT2D eigenvalue weighted by molar-refractivity contribution is 7.87. The molecule has 4 aromatic rings. The van der Waals surface area contributed by atoms with Gasteiger partial charge in [0.05, 0.1) is 12.8 Å². The second kappa shape index (κ2) is 10.3. The van der Waals surface area contributed by atoms with Gasteiger partial charge in [-0.25, -0.2) is 8.78 Å². The summed E-state index contributed by atoms with van der Waals surface area (Å²) in [5, 5.41) is 0.290. The third kappa shape index (κ3) is 6.06. The predicted molar refractivity (Wildman–Crippen MR) is 124 cm³/mol. The Morgan fingerprint density at radius 1 is 0.914 bits per heavy atom. The van der Waals surface area contributed by atoms with Crippen LogP contribution in [0.15, 0.2) is 94.4 Å². The van der Waals surface area contributed by atoms with Gasteiger partial charge in [-0.2, -0.15) is 8.42 Å². The van der Waals surface area contributed by atoms with Crippen LogP contribution in [0.4, 0.5) is 8.78 Å². The smallest absolute Gasteiger partial charge is 0.339 e. The number of amides is 1. The molecule has 0 saturated heterocycles. The quantitative estimate of drug-likeness (QED) is 0.275. The molecule has 0 bridgehead atoms. The van der Waals surface area contributed by atoms with Gasteiger partial charge in [0.25, 0.3) is 5.91 Å². The molecule has 10 heteroatoms. The fourth-order valence-electron chi connectivity index (χ4n) is 3.29. The summed E-state index contributed by atoms with van der Waals surface area (Å²) in [6.07, 6.45) is 1.35. The molecule has 0 aliphatic heterocycles. The van der Waals surface area contributed by atoms with Gasteiger partial charge in [0, 0.05) is 17.1 Å². The van der Waals surface area contributed by atoms with E-state index in [-0.39, 0.29) is 29.5 Å². The number of carbonyl (C=O) groups is 1. The molecule has 0 atom stereocenters. The summed E-state index contributed by atoms with van der Waals surface area (Å²) in [6, 6.07) is 17.1. The van der Waals surface area contributed by atoms with Crippen LogP contribution in [-0.4, -0.2) is 19.2 Å². The first-order valence-corrected chi connectivity index (χ1v) is 12.1. The molecule has 4 rings (SSSR count). The Balaban J connectivity index is 1.67. The zero-order valence-corrected chi connectivity index (χ0v) is 19.6. The Morgan fingerprint density at radius 2 is 1.57 bits per heavy atom. The molecule has 0 fully saturated rings. The first-order chi connectivity index (χ1) is 16.7. The highest BCUT2D eigenvalue weighted by atomic mass is 35.5. The van der Waals surface area contributed by atoms with E-state index in [1.54, 1.807) is 6.07 Å². The molecule has 1 aromatic heterocycles. The molecule has 0 aliphatic rings. The van der Waals surface area contributed by atoms with E-state index >= 15 is 0 Å². The standard InChI is InChI=1S/C25H18ClF2NO5S/c26-19-5-12-23(34-35(31,32)22-10-8-21(28)9-11-22)18(14-19)16-29(25(30)24-2-1-13-33-24)15-17-3-6-20(27)7-4-17/h1-14H,15-16H2. The van der Waals surface area contributed by atoms with Gasteiger partial charge in [0.1, 0.15) is 22.3 Å². The molecule has 180 valence electrons. The molecule has 0 radical (unpaired) electrons. The lowest BCUT2D eigenvalue weighted by atomic mass is 10.1. The molecule has 1 amide bonds. The number of furan rings is 1. The Labute approximate surface area is 205 Å². The van der Waals surface area contributed by atoms with Crippen molar-refractivity contribution in [1.29, 1.82) is 0 Å². The lowest BCUT2D eigenvalue weighted by Crippen LogP contribution is -2.30. The van der Waals surface area contributed by atoms with Crippen molar-refractivity contribution < 1.29 is 30.6 Å². The van der Waals surface area contributed by atoms with E-state index in [1.807, 2.05) is 0 Å². The second-order valence-corrected chi connectivity index (χ2v) is 9.49. The molecule has 0 spiro atoms. The highest BCUT2D eigenvalue weighted by Gasteiger charge is 2.24. The Bertz CT molecular complexity index is 1420. The molecular weight excluding hydrogens is 500 g/mol. The van der Waals surface area contributed by atoms with Crippen LogP contribution in [0, 0.1) is 11.6 Å². The van der Waals surface area contributed by atoms with Crippen LogP contribution in [0.3, 0.4) is 0 Å². The fourth-order valence-corrected chi connectivity index (χ4v) is 4.45. The molecule has 1 heterocycles. The SMILES string of the molecule is O=C(c1ccco1)N(Cc1ccc(F)cc1)Cc1cc(Cl)ccc1OS(=O)(=O)c1ccc(F)cc1. The van der Waals surface area contributed by atoms with Gasteiger partial charge in [-0.15, -0.1) is 0 Å². The van der Waals surface area contributed by atoms with Crippen LogP contribution in [0.1, 0.15) is 21.7 Å². The Kier molecular flexibility index (Phi) is 7.18. The van der Waals surface area contributed by atoms with Crippen molar-refractivity contribution in [1.82, 2.24) is 4.90 Å². The number of nitrogens with zero attached hydrogens (tertiary/aromatic N) is 1. The highest BCUT2D eigenvalue weighted by Crippen LogP contribution is 2.29. The summed E-state index contributed by atoms with van der Waals surface area (Å²) in [7, 11) is -4.30. The topological polar surface area (TPSA) is 76.8 Å².